The molecule has 0 bridgehead atoms. The molecule has 15 heavy (non-hydrogen) atoms. The zero-order valence-corrected chi connectivity index (χ0v) is 11.1. The quantitative estimate of drug-likeness (QED) is 0.793. The van der Waals surface area contributed by atoms with E-state index in [4.69, 9.17) is 0 Å². The smallest absolute Gasteiger partial charge is 0.187 e. The van der Waals surface area contributed by atoms with Crippen LogP contribution in [0.5, 0.6) is 0 Å². The van der Waals surface area contributed by atoms with Crippen molar-refractivity contribution in [3.8, 4) is 0 Å². The third-order valence-electron chi connectivity index (χ3n) is 2.96. The first kappa shape index (κ1) is 11.3. The average Bonchev–Trinajstić information content (AvgIpc) is 2.47. The fourth-order valence-electron chi connectivity index (χ4n) is 1.75. The summed E-state index contributed by atoms with van der Waals surface area (Å²) in [6.45, 7) is 0.545. The first-order valence-corrected chi connectivity index (χ1v) is 6.82. The van der Waals surface area contributed by atoms with Crippen LogP contribution < -0.4 is 0 Å². The number of carbonyl (C=O) groups is 1. The molecule has 1 saturated carbocycles. The Morgan fingerprint density at radius 1 is 1.67 bits per heavy atom. The molecule has 4 heteroatoms. The van der Waals surface area contributed by atoms with Gasteiger partial charge in [-0.25, -0.2) is 0 Å². The summed E-state index contributed by atoms with van der Waals surface area (Å²) >= 11 is 4.91. The first-order valence-electron chi connectivity index (χ1n) is 5.15. The molecule has 0 saturated heterocycles. The molecule has 0 aliphatic heterocycles. The molecule has 0 unspecified atom stereocenters. The van der Waals surface area contributed by atoms with Crippen LogP contribution in [0.25, 0.3) is 0 Å². The van der Waals surface area contributed by atoms with Crippen LogP contribution in [-0.4, -0.2) is 30.3 Å². The molecule has 0 N–H and O–H groups in total. The van der Waals surface area contributed by atoms with Crippen LogP contribution in [0, 0.1) is 0 Å². The molecular weight excluding hydrogens is 274 g/mol. The minimum Gasteiger partial charge on any atom is -0.296 e. The van der Waals surface area contributed by atoms with E-state index in [1.165, 1.54) is 30.6 Å². The molecular formula is C11H14BrNOS. The van der Waals surface area contributed by atoms with Gasteiger partial charge < -0.3 is 0 Å². The lowest BCUT2D eigenvalue weighted by Gasteiger charge is -2.34. The van der Waals surface area contributed by atoms with Crippen LogP contribution >= 0.6 is 27.3 Å². The summed E-state index contributed by atoms with van der Waals surface area (Å²) in [5.74, 6) is 0.228. The molecule has 1 fully saturated rings. The summed E-state index contributed by atoms with van der Waals surface area (Å²) < 4.78 is 0.930. The number of hydrogen-bond acceptors (Lipinski definition) is 3. The largest absolute Gasteiger partial charge is 0.296 e. The lowest BCUT2D eigenvalue weighted by Crippen LogP contribution is -2.40. The SMILES string of the molecule is CN(CC(=O)c1sccc1Br)C1CCC1. The van der Waals surface area contributed by atoms with E-state index < -0.39 is 0 Å². The molecule has 1 aromatic heterocycles. The van der Waals surface area contributed by atoms with Gasteiger partial charge in [-0.05, 0) is 47.3 Å². The van der Waals surface area contributed by atoms with Gasteiger partial charge in [0.05, 0.1) is 11.4 Å². The molecule has 0 radical (unpaired) electrons. The topological polar surface area (TPSA) is 20.3 Å². The highest BCUT2D eigenvalue weighted by Crippen LogP contribution is 2.26. The molecule has 2 nitrogen and oxygen atoms in total. The molecule has 1 heterocycles. The fourth-order valence-corrected chi connectivity index (χ4v) is 3.27. The predicted octanol–water partition coefficient (Wildman–Crippen LogP) is 3.18. The van der Waals surface area contributed by atoms with Gasteiger partial charge >= 0.3 is 0 Å². The molecule has 0 aromatic carbocycles. The highest BCUT2D eigenvalue weighted by Gasteiger charge is 2.24. The van der Waals surface area contributed by atoms with E-state index in [1.807, 2.05) is 18.5 Å². The van der Waals surface area contributed by atoms with E-state index in [0.29, 0.717) is 12.6 Å². The van der Waals surface area contributed by atoms with Crippen LogP contribution in [0.1, 0.15) is 28.9 Å². The maximum absolute atomic E-state index is 11.9. The van der Waals surface area contributed by atoms with Gasteiger partial charge in [0.2, 0.25) is 0 Å². The third kappa shape index (κ3) is 2.49. The lowest BCUT2D eigenvalue weighted by molar-refractivity contribution is 0.0874. The standard InChI is InChI=1S/C11H14BrNOS/c1-13(8-3-2-4-8)7-10(14)11-9(12)5-6-15-11/h5-6,8H,2-4,7H2,1H3. The molecule has 0 amide bonds. The van der Waals surface area contributed by atoms with Crippen LogP contribution in [0.15, 0.2) is 15.9 Å². The van der Waals surface area contributed by atoms with E-state index in [0.717, 1.165) is 9.35 Å². The predicted molar refractivity (Wildman–Crippen MR) is 66.6 cm³/mol. The van der Waals surface area contributed by atoms with Gasteiger partial charge in [-0.2, -0.15) is 0 Å². The second-order valence-corrected chi connectivity index (χ2v) is 5.79. The zero-order valence-electron chi connectivity index (χ0n) is 8.70. The van der Waals surface area contributed by atoms with E-state index >= 15 is 0 Å². The summed E-state index contributed by atoms with van der Waals surface area (Å²) in [5, 5.41) is 1.95. The Kier molecular flexibility index (Phi) is 3.59. The van der Waals surface area contributed by atoms with Crippen LogP contribution in [0.2, 0.25) is 0 Å². The van der Waals surface area contributed by atoms with Crippen LogP contribution in [0.4, 0.5) is 0 Å². The second-order valence-electron chi connectivity index (χ2n) is 4.02. The van der Waals surface area contributed by atoms with Crippen molar-refractivity contribution in [2.45, 2.75) is 25.3 Å². The Morgan fingerprint density at radius 2 is 2.40 bits per heavy atom. The first-order chi connectivity index (χ1) is 7.18. The van der Waals surface area contributed by atoms with Crippen molar-refractivity contribution in [3.63, 3.8) is 0 Å². The van der Waals surface area contributed by atoms with Crippen molar-refractivity contribution >= 4 is 33.0 Å². The summed E-state index contributed by atoms with van der Waals surface area (Å²) in [4.78, 5) is 14.9. The number of ketones is 1. The van der Waals surface area contributed by atoms with E-state index in [9.17, 15) is 4.79 Å². The molecule has 1 aromatic rings. The number of Topliss-reactive ketones (excluding diaryl/α,β-unsaturated/α-hetero) is 1. The molecule has 1 aliphatic rings. The minimum absolute atomic E-state index is 0.228. The van der Waals surface area contributed by atoms with Gasteiger partial charge in [0, 0.05) is 10.5 Å². The summed E-state index contributed by atoms with van der Waals surface area (Å²) in [6, 6.07) is 2.56. The molecule has 0 atom stereocenters. The monoisotopic (exact) mass is 287 g/mol. The molecule has 1 aliphatic carbocycles. The highest BCUT2D eigenvalue weighted by molar-refractivity contribution is 9.10. The molecule has 2 rings (SSSR count). The van der Waals surface area contributed by atoms with Gasteiger partial charge in [-0.3, -0.25) is 9.69 Å². The summed E-state index contributed by atoms with van der Waals surface area (Å²) in [6.07, 6.45) is 3.80. The Bertz CT molecular complexity index is 359. The number of halogens is 1. The van der Waals surface area contributed by atoms with E-state index in [-0.39, 0.29) is 5.78 Å². The van der Waals surface area contributed by atoms with Gasteiger partial charge in [-0.1, -0.05) is 6.42 Å². The second kappa shape index (κ2) is 4.76. The summed E-state index contributed by atoms with van der Waals surface area (Å²) in [5.41, 5.74) is 0. The Morgan fingerprint density at radius 3 is 2.87 bits per heavy atom. The number of rotatable bonds is 4. The maximum atomic E-state index is 11.9. The Hall–Kier alpha value is -0.190. The number of likely N-dealkylation sites (N-methyl/N-ethyl adjacent to an activating group) is 1. The number of hydrogen-bond donors (Lipinski definition) is 0. The highest BCUT2D eigenvalue weighted by atomic mass is 79.9. The Labute approximate surface area is 102 Å². The summed E-state index contributed by atoms with van der Waals surface area (Å²) in [7, 11) is 2.04. The fraction of sp³-hybridized carbons (Fsp3) is 0.545. The Balaban J connectivity index is 1.94. The minimum atomic E-state index is 0.228. The van der Waals surface area contributed by atoms with Crippen LogP contribution in [0.3, 0.4) is 0 Å². The zero-order chi connectivity index (χ0) is 10.8. The van der Waals surface area contributed by atoms with Crippen molar-refractivity contribution in [3.05, 3.63) is 20.8 Å². The van der Waals surface area contributed by atoms with Gasteiger partial charge in [0.1, 0.15) is 0 Å². The van der Waals surface area contributed by atoms with E-state index in [2.05, 4.69) is 20.8 Å². The van der Waals surface area contributed by atoms with Gasteiger partial charge in [0.15, 0.2) is 5.78 Å². The third-order valence-corrected chi connectivity index (χ3v) is 4.84. The van der Waals surface area contributed by atoms with Crippen molar-refractivity contribution in [1.82, 2.24) is 4.90 Å². The van der Waals surface area contributed by atoms with Crippen molar-refractivity contribution in [2.24, 2.45) is 0 Å². The average molecular weight is 288 g/mol. The van der Waals surface area contributed by atoms with Crippen molar-refractivity contribution < 1.29 is 4.79 Å². The normalized spacial score (nSPS) is 16.7. The van der Waals surface area contributed by atoms with Crippen LogP contribution in [-0.2, 0) is 0 Å². The van der Waals surface area contributed by atoms with Gasteiger partial charge in [0.25, 0.3) is 0 Å². The molecule has 0 spiro atoms. The van der Waals surface area contributed by atoms with Crippen molar-refractivity contribution in [1.29, 1.82) is 0 Å². The lowest BCUT2D eigenvalue weighted by atomic mass is 9.92. The van der Waals surface area contributed by atoms with E-state index in [1.54, 1.807) is 0 Å². The maximum Gasteiger partial charge on any atom is 0.187 e. The number of nitrogens with zero attached hydrogens (tertiary/aromatic N) is 1. The molecule has 82 valence electrons. The number of thiophene rings is 1. The van der Waals surface area contributed by atoms with Gasteiger partial charge in [-0.15, -0.1) is 11.3 Å². The number of carbonyl (C=O) groups excluding carboxylic acids is 1. The van der Waals surface area contributed by atoms with Crippen molar-refractivity contribution in [2.75, 3.05) is 13.6 Å².